The summed E-state index contributed by atoms with van der Waals surface area (Å²) in [4.78, 5) is 23.9. The summed E-state index contributed by atoms with van der Waals surface area (Å²) in [7, 11) is 4.43. The van der Waals surface area contributed by atoms with Crippen molar-refractivity contribution >= 4 is 12.0 Å². The molecule has 0 unspecified atom stereocenters. The van der Waals surface area contributed by atoms with Crippen molar-refractivity contribution in [2.24, 2.45) is 5.92 Å². The fraction of sp³-hybridized carbons (Fsp3) is 0.529. The summed E-state index contributed by atoms with van der Waals surface area (Å²) in [5.41, 5.74) is 0.798. The van der Waals surface area contributed by atoms with Crippen LogP contribution in [0.2, 0.25) is 0 Å². The maximum atomic E-state index is 12.1. The van der Waals surface area contributed by atoms with Gasteiger partial charge in [-0.2, -0.15) is 0 Å². The van der Waals surface area contributed by atoms with Gasteiger partial charge in [-0.25, -0.2) is 9.59 Å². The number of benzene rings is 1. The molecular formula is C17H26N2O5. The Hall–Kier alpha value is -2.44. The quantitative estimate of drug-likeness (QED) is 0.709. The topological polar surface area (TPSA) is 85.9 Å². The number of esters is 1. The van der Waals surface area contributed by atoms with E-state index in [9.17, 15) is 9.59 Å². The number of rotatable bonds is 8. The van der Waals surface area contributed by atoms with Crippen LogP contribution in [-0.4, -0.2) is 39.4 Å². The molecule has 2 N–H and O–H groups in total. The Morgan fingerprint density at radius 1 is 1.17 bits per heavy atom. The van der Waals surface area contributed by atoms with Crippen molar-refractivity contribution in [3.05, 3.63) is 23.8 Å². The van der Waals surface area contributed by atoms with Crippen molar-refractivity contribution < 1.29 is 23.8 Å². The highest BCUT2D eigenvalue weighted by atomic mass is 16.5. The lowest BCUT2D eigenvalue weighted by atomic mass is 9.99. The fourth-order valence-corrected chi connectivity index (χ4v) is 2.16. The minimum Gasteiger partial charge on any atom is -0.497 e. The highest BCUT2D eigenvalue weighted by Crippen LogP contribution is 2.24. The molecule has 134 valence electrons. The maximum absolute atomic E-state index is 12.1. The Morgan fingerprint density at radius 2 is 1.88 bits per heavy atom. The SMILES string of the molecule is CC[C@@H](C)[C@H](NC(=O)NCc1ccc(OC)cc1OC)C(=O)OC. The monoisotopic (exact) mass is 338 g/mol. The zero-order chi connectivity index (χ0) is 18.1. The van der Waals surface area contributed by atoms with Gasteiger partial charge in [-0.1, -0.05) is 20.3 Å². The van der Waals surface area contributed by atoms with Crippen molar-refractivity contribution in [2.75, 3.05) is 21.3 Å². The molecule has 0 radical (unpaired) electrons. The van der Waals surface area contributed by atoms with Crippen LogP contribution in [0.3, 0.4) is 0 Å². The third-order valence-corrected chi connectivity index (χ3v) is 3.89. The van der Waals surface area contributed by atoms with Crippen LogP contribution in [0.1, 0.15) is 25.8 Å². The third kappa shape index (κ3) is 5.33. The van der Waals surface area contributed by atoms with E-state index in [1.165, 1.54) is 7.11 Å². The van der Waals surface area contributed by atoms with Crippen LogP contribution in [0.15, 0.2) is 18.2 Å². The molecule has 7 nitrogen and oxygen atoms in total. The van der Waals surface area contributed by atoms with Gasteiger partial charge in [0.25, 0.3) is 0 Å². The lowest BCUT2D eigenvalue weighted by Gasteiger charge is -2.22. The number of ether oxygens (including phenoxy) is 3. The largest absolute Gasteiger partial charge is 0.497 e. The Morgan fingerprint density at radius 3 is 2.42 bits per heavy atom. The van der Waals surface area contributed by atoms with Gasteiger partial charge in [0, 0.05) is 18.2 Å². The molecule has 0 bridgehead atoms. The van der Waals surface area contributed by atoms with E-state index in [0.29, 0.717) is 11.5 Å². The average Bonchev–Trinajstić information content (AvgIpc) is 2.62. The van der Waals surface area contributed by atoms with Gasteiger partial charge >= 0.3 is 12.0 Å². The second-order valence-corrected chi connectivity index (χ2v) is 5.39. The molecule has 7 heteroatoms. The van der Waals surface area contributed by atoms with Crippen LogP contribution in [0.4, 0.5) is 4.79 Å². The molecule has 2 amide bonds. The predicted octanol–water partition coefficient (Wildman–Crippen LogP) is 2.09. The van der Waals surface area contributed by atoms with E-state index in [1.54, 1.807) is 26.4 Å². The minimum atomic E-state index is -0.683. The molecule has 0 aliphatic rings. The zero-order valence-electron chi connectivity index (χ0n) is 14.8. The van der Waals surface area contributed by atoms with Gasteiger partial charge in [0.15, 0.2) is 0 Å². The third-order valence-electron chi connectivity index (χ3n) is 3.89. The Kier molecular flexibility index (Phi) is 7.88. The summed E-state index contributed by atoms with van der Waals surface area (Å²) in [6.07, 6.45) is 0.742. The standard InChI is InChI=1S/C17H26N2O5/c1-6-11(2)15(16(20)24-5)19-17(21)18-10-12-7-8-13(22-3)9-14(12)23-4/h7-9,11,15H,6,10H2,1-5H3,(H2,18,19,21)/t11-,15+/m1/s1. The zero-order valence-corrected chi connectivity index (χ0v) is 14.8. The van der Waals surface area contributed by atoms with E-state index in [-0.39, 0.29) is 12.5 Å². The van der Waals surface area contributed by atoms with Gasteiger partial charge in [-0.3, -0.25) is 0 Å². The molecule has 0 spiro atoms. The predicted molar refractivity (Wildman–Crippen MR) is 90.2 cm³/mol. The summed E-state index contributed by atoms with van der Waals surface area (Å²) >= 11 is 0. The first-order valence-corrected chi connectivity index (χ1v) is 7.79. The van der Waals surface area contributed by atoms with E-state index in [2.05, 4.69) is 10.6 Å². The molecule has 0 saturated heterocycles. The normalized spacial score (nSPS) is 12.7. The maximum Gasteiger partial charge on any atom is 0.328 e. The molecule has 0 heterocycles. The molecule has 2 atom stereocenters. The second-order valence-electron chi connectivity index (χ2n) is 5.39. The van der Waals surface area contributed by atoms with Crippen molar-refractivity contribution in [1.82, 2.24) is 10.6 Å². The second kappa shape index (κ2) is 9.64. The van der Waals surface area contributed by atoms with Gasteiger partial charge in [0.05, 0.1) is 21.3 Å². The number of carbonyl (C=O) groups excluding carboxylic acids is 2. The number of urea groups is 1. The molecule has 0 aliphatic heterocycles. The number of hydrogen-bond donors (Lipinski definition) is 2. The molecule has 24 heavy (non-hydrogen) atoms. The lowest BCUT2D eigenvalue weighted by molar-refractivity contribution is -0.144. The van der Waals surface area contributed by atoms with Crippen molar-refractivity contribution in [1.29, 1.82) is 0 Å². The van der Waals surface area contributed by atoms with Gasteiger partial charge in [-0.15, -0.1) is 0 Å². The minimum absolute atomic E-state index is 0.0290. The summed E-state index contributed by atoms with van der Waals surface area (Å²) in [5.74, 6) is 0.795. The Balaban J connectivity index is 2.69. The van der Waals surface area contributed by atoms with Crippen LogP contribution in [0, 0.1) is 5.92 Å². The molecule has 0 aliphatic carbocycles. The van der Waals surface area contributed by atoms with Gasteiger partial charge in [0.1, 0.15) is 17.5 Å². The molecule has 0 saturated carbocycles. The highest BCUT2D eigenvalue weighted by molar-refractivity contribution is 5.83. The van der Waals surface area contributed by atoms with Crippen molar-refractivity contribution in [2.45, 2.75) is 32.9 Å². The van der Waals surface area contributed by atoms with Crippen molar-refractivity contribution in [3.63, 3.8) is 0 Å². The van der Waals surface area contributed by atoms with E-state index in [0.717, 1.165) is 12.0 Å². The summed E-state index contributed by atoms with van der Waals surface area (Å²) < 4.78 is 15.2. The highest BCUT2D eigenvalue weighted by Gasteiger charge is 2.26. The first-order valence-electron chi connectivity index (χ1n) is 7.79. The smallest absolute Gasteiger partial charge is 0.328 e. The van der Waals surface area contributed by atoms with Gasteiger partial charge in [0.2, 0.25) is 0 Å². The van der Waals surface area contributed by atoms with Crippen LogP contribution in [0.25, 0.3) is 0 Å². The number of amides is 2. The van der Waals surface area contributed by atoms with Gasteiger partial charge < -0.3 is 24.8 Å². The van der Waals surface area contributed by atoms with E-state index in [4.69, 9.17) is 14.2 Å². The van der Waals surface area contributed by atoms with Crippen LogP contribution in [-0.2, 0) is 16.1 Å². The molecule has 1 aromatic carbocycles. The van der Waals surface area contributed by atoms with E-state index < -0.39 is 18.0 Å². The molecule has 0 aromatic heterocycles. The number of hydrogen-bond acceptors (Lipinski definition) is 5. The Bertz CT molecular complexity index is 562. The first-order chi connectivity index (χ1) is 11.5. The number of nitrogens with one attached hydrogen (secondary N) is 2. The fourth-order valence-electron chi connectivity index (χ4n) is 2.16. The van der Waals surface area contributed by atoms with Crippen LogP contribution in [0.5, 0.6) is 11.5 Å². The molecule has 1 rings (SSSR count). The summed E-state index contributed by atoms with van der Waals surface area (Å²) in [6.45, 7) is 4.09. The molecule has 1 aromatic rings. The summed E-state index contributed by atoms with van der Waals surface area (Å²) in [6, 6.07) is 4.21. The lowest BCUT2D eigenvalue weighted by Crippen LogP contribution is -2.49. The summed E-state index contributed by atoms with van der Waals surface area (Å²) in [5, 5.41) is 5.38. The Labute approximate surface area is 142 Å². The van der Waals surface area contributed by atoms with Crippen molar-refractivity contribution in [3.8, 4) is 11.5 Å². The first kappa shape index (κ1) is 19.6. The average molecular weight is 338 g/mol. The van der Waals surface area contributed by atoms with Crippen LogP contribution < -0.4 is 20.1 Å². The van der Waals surface area contributed by atoms with Gasteiger partial charge in [-0.05, 0) is 18.1 Å². The van der Waals surface area contributed by atoms with Crippen LogP contribution >= 0.6 is 0 Å². The van der Waals surface area contributed by atoms with E-state index >= 15 is 0 Å². The number of carbonyl (C=O) groups is 2. The van der Waals surface area contributed by atoms with E-state index in [1.807, 2.05) is 19.9 Å². The number of methoxy groups -OCH3 is 3. The molecular weight excluding hydrogens is 312 g/mol. The molecule has 0 fully saturated rings.